The van der Waals surface area contributed by atoms with Crippen molar-refractivity contribution in [3.05, 3.63) is 72.1 Å². The number of aromatic amines is 1. The number of nitrogens with one attached hydrogen (secondary N) is 1. The van der Waals surface area contributed by atoms with Crippen molar-refractivity contribution in [3.8, 4) is 11.5 Å². The minimum atomic E-state index is 0.879. The van der Waals surface area contributed by atoms with E-state index in [1.165, 1.54) is 11.3 Å². The Balaban J connectivity index is 1.82. The molecule has 0 aliphatic carbocycles. The number of aromatic nitrogens is 1. The van der Waals surface area contributed by atoms with Crippen molar-refractivity contribution in [2.75, 3.05) is 0 Å². The predicted octanol–water partition coefficient (Wildman–Crippen LogP) is 3.87. The smallest absolute Gasteiger partial charge is 0.150 e. The van der Waals surface area contributed by atoms with E-state index in [0.29, 0.717) is 0 Å². The molecular formula is C15H13NO. The van der Waals surface area contributed by atoms with Gasteiger partial charge >= 0.3 is 0 Å². The van der Waals surface area contributed by atoms with Crippen molar-refractivity contribution in [1.29, 1.82) is 0 Å². The van der Waals surface area contributed by atoms with Crippen LogP contribution < -0.4 is 0 Å². The molecule has 17 heavy (non-hydrogen) atoms. The summed E-state index contributed by atoms with van der Waals surface area (Å²) in [5, 5.41) is 0. The molecule has 2 heteroatoms. The first-order valence-corrected chi connectivity index (χ1v) is 5.67. The summed E-state index contributed by atoms with van der Waals surface area (Å²) >= 11 is 0. The highest BCUT2D eigenvalue weighted by Crippen LogP contribution is 2.19. The number of hydrogen-bond donors (Lipinski definition) is 1. The molecule has 3 rings (SSSR count). The van der Waals surface area contributed by atoms with Crippen LogP contribution in [-0.4, -0.2) is 4.98 Å². The molecule has 2 heterocycles. The zero-order valence-corrected chi connectivity index (χ0v) is 9.39. The highest BCUT2D eigenvalue weighted by molar-refractivity contribution is 5.53. The standard InChI is InChI=1S/C15H13NO/c1-2-5-12(6-3-1)11-13-8-9-14(16-13)15-7-4-10-17-15/h1-10,16H,11H2. The van der Waals surface area contributed by atoms with Gasteiger partial charge in [0.15, 0.2) is 0 Å². The van der Waals surface area contributed by atoms with Crippen LogP contribution in [0.4, 0.5) is 0 Å². The fourth-order valence-electron chi connectivity index (χ4n) is 1.93. The lowest BCUT2D eigenvalue weighted by Gasteiger charge is -1.98. The molecule has 0 spiro atoms. The predicted molar refractivity (Wildman–Crippen MR) is 67.7 cm³/mol. The van der Waals surface area contributed by atoms with E-state index in [1.807, 2.05) is 18.2 Å². The van der Waals surface area contributed by atoms with Crippen LogP contribution in [-0.2, 0) is 6.42 Å². The van der Waals surface area contributed by atoms with E-state index in [1.54, 1.807) is 6.26 Å². The summed E-state index contributed by atoms with van der Waals surface area (Å²) in [6, 6.07) is 18.4. The average molecular weight is 223 g/mol. The van der Waals surface area contributed by atoms with E-state index < -0.39 is 0 Å². The molecule has 0 saturated heterocycles. The second-order valence-electron chi connectivity index (χ2n) is 4.04. The molecule has 84 valence electrons. The van der Waals surface area contributed by atoms with Crippen LogP contribution in [0.1, 0.15) is 11.3 Å². The maximum absolute atomic E-state index is 5.35. The molecule has 2 nitrogen and oxygen atoms in total. The van der Waals surface area contributed by atoms with Gasteiger partial charge < -0.3 is 9.40 Å². The number of rotatable bonds is 3. The molecule has 1 N–H and O–H groups in total. The molecule has 0 unspecified atom stereocenters. The van der Waals surface area contributed by atoms with Crippen molar-refractivity contribution in [2.24, 2.45) is 0 Å². The van der Waals surface area contributed by atoms with Gasteiger partial charge in [-0.1, -0.05) is 30.3 Å². The second kappa shape index (κ2) is 4.34. The van der Waals surface area contributed by atoms with E-state index in [-0.39, 0.29) is 0 Å². The summed E-state index contributed by atoms with van der Waals surface area (Å²) in [5.74, 6) is 0.879. The monoisotopic (exact) mass is 223 g/mol. The fourth-order valence-corrected chi connectivity index (χ4v) is 1.93. The molecule has 0 radical (unpaired) electrons. The summed E-state index contributed by atoms with van der Waals surface area (Å²) in [6.45, 7) is 0. The van der Waals surface area contributed by atoms with Crippen molar-refractivity contribution < 1.29 is 4.42 Å². The van der Waals surface area contributed by atoms with Crippen molar-refractivity contribution in [2.45, 2.75) is 6.42 Å². The van der Waals surface area contributed by atoms with Gasteiger partial charge in [0.1, 0.15) is 5.76 Å². The Morgan fingerprint density at radius 2 is 1.76 bits per heavy atom. The summed E-state index contributed by atoms with van der Waals surface area (Å²) in [4.78, 5) is 3.37. The molecule has 0 aliphatic rings. The van der Waals surface area contributed by atoms with Gasteiger partial charge in [-0.25, -0.2) is 0 Å². The van der Waals surface area contributed by atoms with Gasteiger partial charge in [-0.3, -0.25) is 0 Å². The zero-order valence-electron chi connectivity index (χ0n) is 9.39. The van der Waals surface area contributed by atoms with Gasteiger partial charge in [-0.2, -0.15) is 0 Å². The van der Waals surface area contributed by atoms with Gasteiger partial charge in [0.2, 0.25) is 0 Å². The molecule has 0 aliphatic heterocycles. The van der Waals surface area contributed by atoms with Crippen molar-refractivity contribution in [1.82, 2.24) is 4.98 Å². The van der Waals surface area contributed by atoms with Gasteiger partial charge in [-0.05, 0) is 29.8 Å². The van der Waals surface area contributed by atoms with Gasteiger partial charge in [0.05, 0.1) is 12.0 Å². The Morgan fingerprint density at radius 1 is 0.882 bits per heavy atom. The molecule has 0 bridgehead atoms. The summed E-state index contributed by atoms with van der Waals surface area (Å²) in [5.41, 5.74) is 3.53. The van der Waals surface area contributed by atoms with Crippen LogP contribution >= 0.6 is 0 Å². The van der Waals surface area contributed by atoms with E-state index in [9.17, 15) is 0 Å². The average Bonchev–Trinajstić information content (AvgIpc) is 3.00. The second-order valence-corrected chi connectivity index (χ2v) is 4.04. The summed E-state index contributed by atoms with van der Waals surface area (Å²) < 4.78 is 5.35. The number of benzene rings is 1. The third kappa shape index (κ3) is 2.16. The molecule has 0 atom stereocenters. The lowest BCUT2D eigenvalue weighted by molar-refractivity contribution is 0.580. The van der Waals surface area contributed by atoms with Gasteiger partial charge in [0, 0.05) is 12.1 Å². The highest BCUT2D eigenvalue weighted by atomic mass is 16.3. The summed E-state index contributed by atoms with van der Waals surface area (Å²) in [6.07, 6.45) is 2.61. The minimum absolute atomic E-state index is 0.879. The van der Waals surface area contributed by atoms with Crippen LogP contribution in [0.2, 0.25) is 0 Å². The molecule has 2 aromatic heterocycles. The lowest BCUT2D eigenvalue weighted by Crippen LogP contribution is -1.87. The van der Waals surface area contributed by atoms with E-state index in [4.69, 9.17) is 4.42 Å². The fraction of sp³-hybridized carbons (Fsp3) is 0.0667. The van der Waals surface area contributed by atoms with Crippen LogP contribution in [0.15, 0.2) is 65.3 Å². The van der Waals surface area contributed by atoms with E-state index >= 15 is 0 Å². The normalized spacial score (nSPS) is 10.6. The first-order chi connectivity index (χ1) is 8.42. The quantitative estimate of drug-likeness (QED) is 0.717. The maximum Gasteiger partial charge on any atom is 0.150 e. The van der Waals surface area contributed by atoms with Gasteiger partial charge in [-0.15, -0.1) is 0 Å². The zero-order chi connectivity index (χ0) is 11.5. The Bertz CT molecular complexity index is 578. The molecule has 0 fully saturated rings. The van der Waals surface area contributed by atoms with Crippen LogP contribution in [0.25, 0.3) is 11.5 Å². The van der Waals surface area contributed by atoms with Crippen LogP contribution in [0.5, 0.6) is 0 Å². The first-order valence-electron chi connectivity index (χ1n) is 5.67. The minimum Gasteiger partial charge on any atom is -0.463 e. The lowest BCUT2D eigenvalue weighted by atomic mass is 10.1. The van der Waals surface area contributed by atoms with E-state index in [0.717, 1.165) is 17.9 Å². The Morgan fingerprint density at radius 3 is 2.53 bits per heavy atom. The Hall–Kier alpha value is -2.22. The van der Waals surface area contributed by atoms with Crippen LogP contribution in [0.3, 0.4) is 0 Å². The maximum atomic E-state index is 5.35. The SMILES string of the molecule is c1ccc(Cc2ccc(-c3ccco3)[nH]2)cc1. The number of H-pyrrole nitrogens is 1. The first kappa shape index (κ1) is 9.97. The largest absolute Gasteiger partial charge is 0.463 e. The topological polar surface area (TPSA) is 28.9 Å². The summed E-state index contributed by atoms with van der Waals surface area (Å²) in [7, 11) is 0. The number of furan rings is 1. The molecule has 1 aromatic carbocycles. The Kier molecular flexibility index (Phi) is 2.54. The third-order valence-corrected chi connectivity index (χ3v) is 2.77. The highest BCUT2D eigenvalue weighted by Gasteiger charge is 2.04. The third-order valence-electron chi connectivity index (χ3n) is 2.77. The molecule has 0 saturated carbocycles. The number of hydrogen-bond acceptors (Lipinski definition) is 1. The van der Waals surface area contributed by atoms with E-state index in [2.05, 4.69) is 41.4 Å². The van der Waals surface area contributed by atoms with Gasteiger partial charge in [0.25, 0.3) is 0 Å². The van der Waals surface area contributed by atoms with Crippen molar-refractivity contribution in [3.63, 3.8) is 0 Å². The van der Waals surface area contributed by atoms with Crippen molar-refractivity contribution >= 4 is 0 Å². The Labute approximate surface area is 99.9 Å². The molecule has 0 amide bonds. The molecule has 3 aromatic rings. The molecular weight excluding hydrogens is 210 g/mol. The van der Waals surface area contributed by atoms with Crippen LogP contribution in [0, 0.1) is 0 Å².